The molecule has 1 heterocycles. The summed E-state index contributed by atoms with van der Waals surface area (Å²) < 4.78 is 0. The molecule has 2 nitrogen and oxygen atoms in total. The number of rotatable bonds is 1. The highest BCUT2D eigenvalue weighted by Crippen LogP contribution is 2.17. The maximum Gasteiger partial charge on any atom is 0.0779 e. The van der Waals surface area contributed by atoms with Gasteiger partial charge in [0.25, 0.3) is 0 Å². The van der Waals surface area contributed by atoms with E-state index in [4.69, 9.17) is 0 Å². The van der Waals surface area contributed by atoms with E-state index in [9.17, 15) is 5.11 Å². The van der Waals surface area contributed by atoms with Crippen LogP contribution in [0.3, 0.4) is 0 Å². The van der Waals surface area contributed by atoms with Crippen LogP contribution in [-0.4, -0.2) is 10.1 Å². The zero-order valence-electron chi connectivity index (χ0n) is 6.60. The molecule has 1 unspecified atom stereocenters. The minimum absolute atomic E-state index is 0.357. The Bertz CT molecular complexity index is 225. The van der Waals surface area contributed by atoms with Crippen molar-refractivity contribution in [3.05, 3.63) is 23.0 Å². The number of aromatic amines is 1. The summed E-state index contributed by atoms with van der Waals surface area (Å²) in [6.45, 7) is 5.73. The third-order valence-electron chi connectivity index (χ3n) is 1.64. The van der Waals surface area contributed by atoms with E-state index < -0.39 is 0 Å². The van der Waals surface area contributed by atoms with Crippen LogP contribution in [0.15, 0.2) is 6.07 Å². The number of H-pyrrole nitrogens is 1. The fourth-order valence-corrected chi connectivity index (χ4v) is 1.18. The highest BCUT2D eigenvalue weighted by atomic mass is 16.3. The van der Waals surface area contributed by atoms with E-state index in [1.807, 2.05) is 19.9 Å². The Morgan fingerprint density at radius 3 is 2.30 bits per heavy atom. The fourth-order valence-electron chi connectivity index (χ4n) is 1.18. The summed E-state index contributed by atoms with van der Waals surface area (Å²) in [4.78, 5) is 3.13. The monoisotopic (exact) mass is 139 g/mol. The Morgan fingerprint density at radius 2 is 2.10 bits per heavy atom. The molecule has 0 aliphatic heterocycles. The first-order valence-electron chi connectivity index (χ1n) is 3.45. The topological polar surface area (TPSA) is 36.0 Å². The van der Waals surface area contributed by atoms with Crippen LogP contribution in [0.2, 0.25) is 0 Å². The van der Waals surface area contributed by atoms with E-state index in [2.05, 4.69) is 4.98 Å². The van der Waals surface area contributed by atoms with E-state index in [1.165, 1.54) is 0 Å². The molecule has 0 amide bonds. The maximum absolute atomic E-state index is 9.20. The maximum atomic E-state index is 9.20. The number of hydrogen-bond donors (Lipinski definition) is 2. The van der Waals surface area contributed by atoms with Crippen LogP contribution < -0.4 is 0 Å². The lowest BCUT2D eigenvalue weighted by Gasteiger charge is -2.00. The number of aromatic nitrogens is 1. The molecule has 0 saturated carbocycles. The van der Waals surface area contributed by atoms with Gasteiger partial charge in [-0.1, -0.05) is 0 Å². The lowest BCUT2D eigenvalue weighted by Crippen LogP contribution is -1.90. The Hall–Kier alpha value is -0.760. The van der Waals surface area contributed by atoms with Crippen LogP contribution in [0.4, 0.5) is 0 Å². The largest absolute Gasteiger partial charge is 0.389 e. The van der Waals surface area contributed by atoms with Crippen LogP contribution in [0, 0.1) is 13.8 Å². The van der Waals surface area contributed by atoms with Crippen molar-refractivity contribution >= 4 is 0 Å². The lowest BCUT2D eigenvalue weighted by atomic mass is 10.1. The Balaban J connectivity index is 3.03. The molecule has 1 aromatic rings. The summed E-state index contributed by atoms with van der Waals surface area (Å²) in [5, 5.41) is 9.20. The van der Waals surface area contributed by atoms with Crippen molar-refractivity contribution in [3.63, 3.8) is 0 Å². The third-order valence-corrected chi connectivity index (χ3v) is 1.64. The molecule has 1 aromatic heterocycles. The van der Waals surface area contributed by atoms with Crippen molar-refractivity contribution in [2.45, 2.75) is 26.9 Å². The summed E-state index contributed by atoms with van der Waals surface area (Å²) in [6, 6.07) is 1.97. The number of hydrogen-bond acceptors (Lipinski definition) is 1. The van der Waals surface area contributed by atoms with Gasteiger partial charge in [0.1, 0.15) is 0 Å². The van der Waals surface area contributed by atoms with E-state index >= 15 is 0 Å². The molecule has 1 atom stereocenters. The van der Waals surface area contributed by atoms with Crippen LogP contribution in [0.1, 0.15) is 30.0 Å². The average molecular weight is 139 g/mol. The van der Waals surface area contributed by atoms with Gasteiger partial charge in [0, 0.05) is 17.0 Å². The van der Waals surface area contributed by atoms with Crippen molar-refractivity contribution in [1.29, 1.82) is 0 Å². The van der Waals surface area contributed by atoms with Gasteiger partial charge in [0.2, 0.25) is 0 Å². The van der Waals surface area contributed by atoms with Gasteiger partial charge in [-0.15, -0.1) is 0 Å². The van der Waals surface area contributed by atoms with E-state index in [0.29, 0.717) is 0 Å². The van der Waals surface area contributed by atoms with E-state index in [0.717, 1.165) is 17.0 Å². The first kappa shape index (κ1) is 7.35. The molecule has 1 rings (SSSR count). The second-order valence-electron chi connectivity index (χ2n) is 2.71. The highest BCUT2D eigenvalue weighted by Gasteiger charge is 2.05. The molecule has 2 heteroatoms. The number of aliphatic hydroxyl groups is 1. The average Bonchev–Trinajstić information content (AvgIpc) is 2.10. The van der Waals surface area contributed by atoms with Crippen molar-refractivity contribution < 1.29 is 5.11 Å². The molecule has 10 heavy (non-hydrogen) atoms. The fraction of sp³-hybridized carbons (Fsp3) is 0.500. The first-order valence-corrected chi connectivity index (χ1v) is 3.45. The zero-order valence-corrected chi connectivity index (χ0v) is 6.60. The van der Waals surface area contributed by atoms with Crippen molar-refractivity contribution in [1.82, 2.24) is 4.98 Å². The van der Waals surface area contributed by atoms with Crippen LogP contribution in [0.5, 0.6) is 0 Å². The van der Waals surface area contributed by atoms with Crippen LogP contribution in [0.25, 0.3) is 0 Å². The second kappa shape index (κ2) is 2.46. The molecule has 0 saturated heterocycles. The van der Waals surface area contributed by atoms with E-state index in [-0.39, 0.29) is 6.10 Å². The molecule has 0 aliphatic rings. The molecule has 0 bridgehead atoms. The molecule has 0 aromatic carbocycles. The molecular weight excluding hydrogens is 126 g/mol. The van der Waals surface area contributed by atoms with Crippen LogP contribution >= 0.6 is 0 Å². The minimum atomic E-state index is -0.357. The Kier molecular flexibility index (Phi) is 1.81. The molecule has 0 aliphatic carbocycles. The van der Waals surface area contributed by atoms with Crippen molar-refractivity contribution in [2.24, 2.45) is 0 Å². The van der Waals surface area contributed by atoms with Crippen molar-refractivity contribution in [2.75, 3.05) is 0 Å². The smallest absolute Gasteiger partial charge is 0.0779 e. The lowest BCUT2D eigenvalue weighted by molar-refractivity contribution is 0.198. The summed E-state index contributed by atoms with van der Waals surface area (Å²) in [7, 11) is 0. The Labute approximate surface area is 60.9 Å². The van der Waals surface area contributed by atoms with Gasteiger partial charge in [-0.2, -0.15) is 0 Å². The number of nitrogens with one attached hydrogen (secondary N) is 1. The Morgan fingerprint density at radius 1 is 1.50 bits per heavy atom. The van der Waals surface area contributed by atoms with Gasteiger partial charge in [0.15, 0.2) is 0 Å². The van der Waals surface area contributed by atoms with Gasteiger partial charge >= 0.3 is 0 Å². The summed E-state index contributed by atoms with van der Waals surface area (Å²) in [5.41, 5.74) is 3.17. The molecular formula is C8H13NO. The second-order valence-corrected chi connectivity index (χ2v) is 2.71. The number of aliphatic hydroxyl groups excluding tert-OH is 1. The van der Waals surface area contributed by atoms with Gasteiger partial charge in [-0.3, -0.25) is 0 Å². The van der Waals surface area contributed by atoms with Crippen LogP contribution in [-0.2, 0) is 0 Å². The zero-order chi connectivity index (χ0) is 7.72. The van der Waals surface area contributed by atoms with Crippen molar-refractivity contribution in [3.8, 4) is 0 Å². The number of aryl methyl sites for hydroxylation is 2. The summed E-state index contributed by atoms with van der Waals surface area (Å²) in [6.07, 6.45) is -0.357. The molecule has 0 radical (unpaired) electrons. The molecule has 56 valence electrons. The third kappa shape index (κ3) is 1.21. The van der Waals surface area contributed by atoms with Gasteiger partial charge in [-0.05, 0) is 26.8 Å². The minimum Gasteiger partial charge on any atom is -0.389 e. The normalized spacial score (nSPS) is 13.6. The standard InChI is InChI=1S/C8H13NO/c1-5-4-8(7(3)10)6(2)9-5/h4,7,9-10H,1-3H3. The van der Waals surface area contributed by atoms with E-state index in [1.54, 1.807) is 6.92 Å². The van der Waals surface area contributed by atoms with Gasteiger partial charge < -0.3 is 10.1 Å². The highest BCUT2D eigenvalue weighted by molar-refractivity contribution is 5.25. The molecule has 2 N–H and O–H groups in total. The molecule has 0 fully saturated rings. The predicted molar refractivity (Wildman–Crippen MR) is 40.9 cm³/mol. The van der Waals surface area contributed by atoms with Gasteiger partial charge in [0.05, 0.1) is 6.10 Å². The quantitative estimate of drug-likeness (QED) is 0.610. The summed E-state index contributed by atoms with van der Waals surface area (Å²) >= 11 is 0. The predicted octanol–water partition coefficient (Wildman–Crippen LogP) is 1.68. The SMILES string of the molecule is Cc1cc(C(C)O)c(C)[nH]1. The van der Waals surface area contributed by atoms with Gasteiger partial charge in [-0.25, -0.2) is 0 Å². The molecule has 0 spiro atoms. The summed E-state index contributed by atoms with van der Waals surface area (Å²) in [5.74, 6) is 0. The first-order chi connectivity index (χ1) is 4.61.